The number of pyridine rings is 2. The SMILES string of the molecule is Nc1ncc2c3c1c(-c1ccc(C(=O)Nc4ccccn4)cc1)nn3[C@@H]1CCC[C@H](C1)NC(=O)CCCCCCC2. The molecule has 0 unspecified atom stereocenters. The number of aromatic nitrogens is 4. The average molecular weight is 552 g/mol. The van der Waals surface area contributed by atoms with Crippen LogP contribution < -0.4 is 16.4 Å². The summed E-state index contributed by atoms with van der Waals surface area (Å²) in [6.07, 6.45) is 14.3. The maximum Gasteiger partial charge on any atom is 0.256 e. The molecule has 41 heavy (non-hydrogen) atoms. The van der Waals surface area contributed by atoms with E-state index in [0.29, 0.717) is 23.6 Å². The van der Waals surface area contributed by atoms with Crippen molar-refractivity contribution in [2.75, 3.05) is 11.1 Å². The molecule has 6 rings (SSSR count). The van der Waals surface area contributed by atoms with Crippen LogP contribution in [0.15, 0.2) is 54.9 Å². The van der Waals surface area contributed by atoms with E-state index in [0.717, 1.165) is 86.4 Å². The van der Waals surface area contributed by atoms with E-state index in [-0.39, 0.29) is 23.9 Å². The first-order valence-corrected chi connectivity index (χ1v) is 14.8. The number of nitrogens with one attached hydrogen (secondary N) is 2. The number of nitrogens with zero attached hydrogens (tertiary/aromatic N) is 4. The Bertz CT molecular complexity index is 1530. The van der Waals surface area contributed by atoms with Gasteiger partial charge in [0.25, 0.3) is 5.91 Å². The van der Waals surface area contributed by atoms with Crippen LogP contribution in [0.5, 0.6) is 0 Å². The van der Waals surface area contributed by atoms with Crippen LogP contribution in [0, 0.1) is 0 Å². The van der Waals surface area contributed by atoms with Crippen molar-refractivity contribution in [1.29, 1.82) is 0 Å². The summed E-state index contributed by atoms with van der Waals surface area (Å²) in [6.45, 7) is 0. The van der Waals surface area contributed by atoms with Gasteiger partial charge in [-0.05, 0) is 74.8 Å². The van der Waals surface area contributed by atoms with Crippen LogP contribution in [0.3, 0.4) is 0 Å². The summed E-state index contributed by atoms with van der Waals surface area (Å²) < 4.78 is 2.16. The predicted octanol–water partition coefficient (Wildman–Crippen LogP) is 5.82. The van der Waals surface area contributed by atoms with Gasteiger partial charge >= 0.3 is 0 Å². The molecule has 1 aliphatic carbocycles. The molecule has 4 aromatic rings. The largest absolute Gasteiger partial charge is 0.383 e. The van der Waals surface area contributed by atoms with Crippen LogP contribution in [-0.4, -0.2) is 37.6 Å². The molecule has 4 heterocycles. The number of aryl methyl sites for hydroxylation is 1. The summed E-state index contributed by atoms with van der Waals surface area (Å²) in [6, 6.07) is 13.1. The van der Waals surface area contributed by atoms with E-state index in [9.17, 15) is 9.59 Å². The van der Waals surface area contributed by atoms with Crippen LogP contribution >= 0.6 is 0 Å². The van der Waals surface area contributed by atoms with Crippen LogP contribution in [0.2, 0.25) is 0 Å². The Hall–Kier alpha value is -4.27. The zero-order valence-corrected chi connectivity index (χ0v) is 23.3. The van der Waals surface area contributed by atoms with Gasteiger partial charge in [-0.2, -0.15) is 5.10 Å². The number of benzene rings is 1. The Balaban J connectivity index is 1.37. The van der Waals surface area contributed by atoms with Gasteiger partial charge in [-0.15, -0.1) is 0 Å². The smallest absolute Gasteiger partial charge is 0.256 e. The van der Waals surface area contributed by atoms with E-state index < -0.39 is 0 Å². The van der Waals surface area contributed by atoms with Gasteiger partial charge in [-0.1, -0.05) is 37.5 Å². The highest BCUT2D eigenvalue weighted by atomic mass is 16.2. The lowest BCUT2D eigenvalue weighted by molar-refractivity contribution is -0.122. The van der Waals surface area contributed by atoms with Crippen LogP contribution in [0.1, 0.15) is 86.2 Å². The van der Waals surface area contributed by atoms with Crippen molar-refractivity contribution in [2.24, 2.45) is 0 Å². The zero-order chi connectivity index (χ0) is 28.2. The molecule has 4 N–H and O–H groups in total. The minimum Gasteiger partial charge on any atom is -0.383 e. The molecular formula is C32H37N7O2. The van der Waals surface area contributed by atoms with Crippen LogP contribution in [0.4, 0.5) is 11.6 Å². The molecule has 9 heteroatoms. The topological polar surface area (TPSA) is 128 Å². The monoisotopic (exact) mass is 551 g/mol. The first-order chi connectivity index (χ1) is 20.1. The maximum absolute atomic E-state index is 12.8. The summed E-state index contributed by atoms with van der Waals surface area (Å²) in [5.41, 5.74) is 11.0. The minimum absolute atomic E-state index is 0.147. The molecule has 2 atom stereocenters. The van der Waals surface area contributed by atoms with Crippen LogP contribution in [-0.2, 0) is 11.2 Å². The molecule has 0 saturated heterocycles. The van der Waals surface area contributed by atoms with E-state index in [2.05, 4.69) is 25.3 Å². The highest BCUT2D eigenvalue weighted by Gasteiger charge is 2.29. The molecule has 0 radical (unpaired) electrons. The Labute approximate surface area is 239 Å². The van der Waals surface area contributed by atoms with E-state index >= 15 is 0 Å². The number of nitrogens with two attached hydrogens (primary N) is 1. The van der Waals surface area contributed by atoms with Crippen molar-refractivity contribution in [3.63, 3.8) is 0 Å². The normalized spacial score (nSPS) is 20.0. The van der Waals surface area contributed by atoms with E-state index in [4.69, 9.17) is 10.8 Å². The molecule has 1 fully saturated rings. The van der Waals surface area contributed by atoms with Gasteiger partial charge in [0.2, 0.25) is 5.91 Å². The van der Waals surface area contributed by atoms with Crippen molar-refractivity contribution in [3.05, 3.63) is 66.0 Å². The molecule has 0 spiro atoms. The number of carbonyl (C=O) groups excluding carboxylic acids is 2. The van der Waals surface area contributed by atoms with E-state index in [1.165, 1.54) is 5.56 Å². The molecule has 212 valence electrons. The van der Waals surface area contributed by atoms with Gasteiger partial charge in [-0.25, -0.2) is 9.97 Å². The van der Waals surface area contributed by atoms with Gasteiger partial charge in [0.15, 0.2) is 0 Å². The molecule has 2 amide bonds. The van der Waals surface area contributed by atoms with Crippen LogP contribution in [0.25, 0.3) is 22.2 Å². The predicted molar refractivity (Wildman–Crippen MR) is 160 cm³/mol. The lowest BCUT2D eigenvalue weighted by atomic mass is 9.90. The van der Waals surface area contributed by atoms with Gasteiger partial charge in [0.1, 0.15) is 17.3 Å². The fourth-order valence-electron chi connectivity index (χ4n) is 6.26. The van der Waals surface area contributed by atoms with Crippen molar-refractivity contribution in [2.45, 2.75) is 82.7 Å². The van der Waals surface area contributed by atoms with Crippen molar-refractivity contribution in [3.8, 4) is 11.3 Å². The van der Waals surface area contributed by atoms with E-state index in [1.54, 1.807) is 30.5 Å². The fraction of sp³-hybridized carbons (Fsp3) is 0.406. The lowest BCUT2D eigenvalue weighted by Gasteiger charge is -2.30. The summed E-state index contributed by atoms with van der Waals surface area (Å²) in [5, 5.41) is 12.2. The number of hydrogen-bond donors (Lipinski definition) is 3. The van der Waals surface area contributed by atoms with Gasteiger partial charge < -0.3 is 16.4 Å². The molecule has 9 nitrogen and oxygen atoms in total. The second kappa shape index (κ2) is 12.1. The molecule has 3 aromatic heterocycles. The zero-order valence-electron chi connectivity index (χ0n) is 23.3. The fourth-order valence-corrected chi connectivity index (χ4v) is 6.26. The highest BCUT2D eigenvalue weighted by molar-refractivity contribution is 6.05. The highest BCUT2D eigenvalue weighted by Crippen LogP contribution is 2.39. The first-order valence-electron chi connectivity index (χ1n) is 14.8. The first kappa shape index (κ1) is 26.9. The molecular weight excluding hydrogens is 514 g/mol. The van der Waals surface area contributed by atoms with Gasteiger partial charge in [0.05, 0.1) is 16.9 Å². The molecule has 1 aliphatic heterocycles. The third kappa shape index (κ3) is 5.94. The van der Waals surface area contributed by atoms with Gasteiger partial charge in [-0.3, -0.25) is 14.3 Å². The molecule has 2 bridgehead atoms. The standard InChI is InChI=1S/C32H37N7O2/c33-31-28-29(21-14-16-22(17-15-21)32(41)37-26-12-6-7-18-34-26)38-39-25-11-8-10-24(19-25)36-27(40)13-5-3-1-2-4-9-23(20-35-31)30(28)39/h6-7,12,14-18,20,24-25H,1-5,8-11,13,19H2,(H2,33,35)(H,36,40)(H,34,37,41)/t24-,25-/m1/s1. The second-order valence-electron chi connectivity index (χ2n) is 11.3. The van der Waals surface area contributed by atoms with E-state index in [1.807, 2.05) is 24.4 Å². The molecule has 1 saturated carbocycles. The number of fused-ring (bicyclic) bond motifs is 3. The van der Waals surface area contributed by atoms with Gasteiger partial charge in [0, 0.05) is 36.0 Å². The number of hydrogen-bond acceptors (Lipinski definition) is 6. The number of amides is 2. The maximum atomic E-state index is 12.8. The average Bonchev–Trinajstić information content (AvgIpc) is 3.40. The molecule has 2 aliphatic rings. The third-order valence-corrected chi connectivity index (χ3v) is 8.36. The number of carbonyl (C=O) groups is 2. The summed E-state index contributed by atoms with van der Waals surface area (Å²) >= 11 is 0. The van der Waals surface area contributed by atoms with Crippen molar-refractivity contribution < 1.29 is 9.59 Å². The molecule has 1 aromatic carbocycles. The third-order valence-electron chi connectivity index (χ3n) is 8.36. The Morgan fingerprint density at radius 3 is 2.56 bits per heavy atom. The quantitative estimate of drug-likeness (QED) is 0.294. The second-order valence-corrected chi connectivity index (χ2v) is 11.3. The Morgan fingerprint density at radius 2 is 1.76 bits per heavy atom. The lowest BCUT2D eigenvalue weighted by Crippen LogP contribution is -2.39. The van der Waals surface area contributed by atoms with Crippen molar-refractivity contribution in [1.82, 2.24) is 25.1 Å². The number of nitrogen functional groups attached to an aromatic ring is 1. The number of anilines is 2. The summed E-state index contributed by atoms with van der Waals surface area (Å²) in [4.78, 5) is 34.2. The summed E-state index contributed by atoms with van der Waals surface area (Å²) in [7, 11) is 0. The summed E-state index contributed by atoms with van der Waals surface area (Å²) in [5.74, 6) is 0.904. The Kier molecular flexibility index (Phi) is 7.93. The number of rotatable bonds is 3. The minimum atomic E-state index is -0.224. The Morgan fingerprint density at radius 1 is 0.951 bits per heavy atom. The van der Waals surface area contributed by atoms with Crippen molar-refractivity contribution >= 4 is 34.4 Å².